The molecule has 0 spiro atoms. The third-order valence-corrected chi connectivity index (χ3v) is 2.83. The third-order valence-electron chi connectivity index (χ3n) is 2.83. The highest BCUT2D eigenvalue weighted by Crippen LogP contribution is 2.19. The van der Waals surface area contributed by atoms with Gasteiger partial charge in [-0.2, -0.15) is 15.0 Å². The largest absolute Gasteiger partial charge is 0.333 e. The van der Waals surface area contributed by atoms with Crippen LogP contribution in [0, 0.1) is 0 Å². The number of nitrogens with zero attached hydrogens (tertiary/aromatic N) is 3. The van der Waals surface area contributed by atoms with Crippen LogP contribution in [-0.4, -0.2) is 20.9 Å². The Hall–Kier alpha value is -2.17. The van der Waals surface area contributed by atoms with Crippen molar-refractivity contribution in [3.63, 3.8) is 0 Å². The van der Waals surface area contributed by atoms with Gasteiger partial charge in [-0.25, -0.2) is 0 Å². The Morgan fingerprint density at radius 3 is 2.82 bits per heavy atom. The summed E-state index contributed by atoms with van der Waals surface area (Å²) in [5.41, 5.74) is 1.86. The lowest BCUT2D eigenvalue weighted by molar-refractivity contribution is -0.119. The molecular formula is C12H12N4O. The van der Waals surface area contributed by atoms with Crippen molar-refractivity contribution in [1.29, 1.82) is 0 Å². The maximum atomic E-state index is 11.1. The Morgan fingerprint density at radius 1 is 1.29 bits per heavy atom. The second kappa shape index (κ2) is 4.01. The number of amides is 1. The fourth-order valence-corrected chi connectivity index (χ4v) is 1.94. The molecule has 1 aliphatic rings. The Bertz CT molecular complexity index is 534. The second-order valence-corrected chi connectivity index (χ2v) is 4.04. The van der Waals surface area contributed by atoms with Crippen molar-refractivity contribution in [2.75, 3.05) is 0 Å². The summed E-state index contributed by atoms with van der Waals surface area (Å²) in [6.07, 6.45) is 2.92. The molecule has 5 nitrogen and oxygen atoms in total. The minimum absolute atomic E-state index is 0.0635. The van der Waals surface area contributed by atoms with Crippen molar-refractivity contribution in [1.82, 2.24) is 20.3 Å². The van der Waals surface area contributed by atoms with Crippen LogP contribution in [0.2, 0.25) is 0 Å². The second-order valence-electron chi connectivity index (χ2n) is 4.04. The molecule has 5 heteroatoms. The molecule has 2 aromatic rings. The van der Waals surface area contributed by atoms with Crippen molar-refractivity contribution in [2.45, 2.75) is 19.0 Å². The van der Waals surface area contributed by atoms with E-state index < -0.39 is 0 Å². The van der Waals surface area contributed by atoms with E-state index in [4.69, 9.17) is 0 Å². The van der Waals surface area contributed by atoms with Gasteiger partial charge in [-0.3, -0.25) is 4.79 Å². The van der Waals surface area contributed by atoms with Crippen LogP contribution in [0.1, 0.15) is 19.0 Å². The SMILES string of the molecule is O=C1CC[C@@H](n2ncc(-c3ccccc3)n2)N1. The summed E-state index contributed by atoms with van der Waals surface area (Å²) in [6.45, 7) is 0. The van der Waals surface area contributed by atoms with E-state index in [9.17, 15) is 4.79 Å². The number of benzene rings is 1. The van der Waals surface area contributed by atoms with Crippen molar-refractivity contribution in [3.8, 4) is 11.3 Å². The molecule has 1 N–H and O–H groups in total. The van der Waals surface area contributed by atoms with Gasteiger partial charge in [0.25, 0.3) is 0 Å². The number of aromatic nitrogens is 3. The summed E-state index contributed by atoms with van der Waals surface area (Å²) >= 11 is 0. The van der Waals surface area contributed by atoms with Crippen LogP contribution in [0.5, 0.6) is 0 Å². The molecule has 0 unspecified atom stereocenters. The van der Waals surface area contributed by atoms with E-state index in [1.807, 2.05) is 30.3 Å². The molecule has 1 aliphatic heterocycles. The molecule has 86 valence electrons. The summed E-state index contributed by atoms with van der Waals surface area (Å²) in [5.74, 6) is 0.0635. The van der Waals surface area contributed by atoms with E-state index in [0.29, 0.717) is 6.42 Å². The summed E-state index contributed by atoms with van der Waals surface area (Å²) < 4.78 is 0. The maximum absolute atomic E-state index is 11.1. The Balaban J connectivity index is 1.86. The van der Waals surface area contributed by atoms with Gasteiger partial charge in [-0.1, -0.05) is 30.3 Å². The van der Waals surface area contributed by atoms with E-state index in [0.717, 1.165) is 17.7 Å². The first kappa shape index (κ1) is 10.0. The smallest absolute Gasteiger partial charge is 0.221 e. The van der Waals surface area contributed by atoms with E-state index in [1.54, 1.807) is 11.0 Å². The van der Waals surface area contributed by atoms with Gasteiger partial charge in [-0.05, 0) is 6.42 Å². The van der Waals surface area contributed by atoms with Gasteiger partial charge in [0, 0.05) is 12.0 Å². The van der Waals surface area contributed by atoms with Crippen molar-refractivity contribution in [3.05, 3.63) is 36.5 Å². The fraction of sp³-hybridized carbons (Fsp3) is 0.250. The third kappa shape index (κ3) is 1.91. The summed E-state index contributed by atoms with van der Waals surface area (Å²) in [4.78, 5) is 12.7. The zero-order valence-electron chi connectivity index (χ0n) is 9.21. The predicted octanol–water partition coefficient (Wildman–Crippen LogP) is 1.35. The fourth-order valence-electron chi connectivity index (χ4n) is 1.94. The van der Waals surface area contributed by atoms with Gasteiger partial charge >= 0.3 is 0 Å². The first-order valence-corrected chi connectivity index (χ1v) is 5.59. The molecule has 1 amide bonds. The summed E-state index contributed by atoms with van der Waals surface area (Å²) in [7, 11) is 0. The number of hydrogen-bond donors (Lipinski definition) is 1. The minimum atomic E-state index is -0.0973. The molecule has 1 aromatic carbocycles. The minimum Gasteiger partial charge on any atom is -0.333 e. The molecule has 0 bridgehead atoms. The van der Waals surface area contributed by atoms with E-state index in [-0.39, 0.29) is 12.1 Å². The molecule has 3 rings (SSSR count). The molecule has 17 heavy (non-hydrogen) atoms. The van der Waals surface area contributed by atoms with Crippen LogP contribution in [0.3, 0.4) is 0 Å². The van der Waals surface area contributed by atoms with Crippen LogP contribution in [0.4, 0.5) is 0 Å². The summed E-state index contributed by atoms with van der Waals surface area (Å²) in [5, 5.41) is 11.4. The Morgan fingerprint density at radius 2 is 2.12 bits per heavy atom. The average Bonchev–Trinajstić information content (AvgIpc) is 2.98. The number of hydrogen-bond acceptors (Lipinski definition) is 3. The molecular weight excluding hydrogens is 216 g/mol. The van der Waals surface area contributed by atoms with Crippen LogP contribution in [0.25, 0.3) is 11.3 Å². The lowest BCUT2D eigenvalue weighted by Crippen LogP contribution is -2.25. The quantitative estimate of drug-likeness (QED) is 0.844. The van der Waals surface area contributed by atoms with E-state index in [1.165, 1.54) is 0 Å². The molecule has 1 saturated heterocycles. The number of rotatable bonds is 2. The van der Waals surface area contributed by atoms with Gasteiger partial charge in [0.2, 0.25) is 5.91 Å². The van der Waals surface area contributed by atoms with Crippen molar-refractivity contribution < 1.29 is 4.79 Å². The molecule has 1 aromatic heterocycles. The van der Waals surface area contributed by atoms with Crippen LogP contribution >= 0.6 is 0 Å². The van der Waals surface area contributed by atoms with Crippen LogP contribution in [0.15, 0.2) is 36.5 Å². The van der Waals surface area contributed by atoms with Gasteiger partial charge in [0.15, 0.2) is 0 Å². The van der Waals surface area contributed by atoms with Gasteiger partial charge in [-0.15, -0.1) is 0 Å². The highest BCUT2D eigenvalue weighted by Gasteiger charge is 2.23. The van der Waals surface area contributed by atoms with E-state index >= 15 is 0 Å². The van der Waals surface area contributed by atoms with Gasteiger partial charge < -0.3 is 5.32 Å². The highest BCUT2D eigenvalue weighted by molar-refractivity contribution is 5.77. The maximum Gasteiger partial charge on any atom is 0.221 e. The molecule has 1 atom stereocenters. The van der Waals surface area contributed by atoms with Crippen molar-refractivity contribution in [2.24, 2.45) is 0 Å². The molecule has 1 fully saturated rings. The molecule has 0 radical (unpaired) electrons. The molecule has 0 aliphatic carbocycles. The monoisotopic (exact) mass is 228 g/mol. The first-order valence-electron chi connectivity index (χ1n) is 5.59. The number of carbonyl (C=O) groups is 1. The van der Waals surface area contributed by atoms with Gasteiger partial charge in [0.1, 0.15) is 11.9 Å². The standard InChI is InChI=1S/C12H12N4O/c17-12-7-6-11(14-12)16-13-8-10(15-16)9-4-2-1-3-5-9/h1-5,8,11H,6-7H2,(H,14,17)/t11-/m1/s1. The van der Waals surface area contributed by atoms with Crippen LogP contribution < -0.4 is 5.32 Å². The summed E-state index contributed by atoms with van der Waals surface area (Å²) in [6, 6.07) is 9.87. The number of nitrogens with one attached hydrogen (secondary N) is 1. The predicted molar refractivity (Wildman–Crippen MR) is 61.9 cm³/mol. The Kier molecular flexibility index (Phi) is 2.36. The lowest BCUT2D eigenvalue weighted by Gasteiger charge is -2.07. The van der Waals surface area contributed by atoms with Crippen LogP contribution in [-0.2, 0) is 4.79 Å². The van der Waals surface area contributed by atoms with Gasteiger partial charge in [0.05, 0.1) is 6.20 Å². The highest BCUT2D eigenvalue weighted by atomic mass is 16.2. The van der Waals surface area contributed by atoms with Crippen molar-refractivity contribution >= 4 is 5.91 Å². The molecule has 0 saturated carbocycles. The zero-order valence-corrected chi connectivity index (χ0v) is 9.21. The lowest BCUT2D eigenvalue weighted by atomic mass is 10.2. The normalized spacial score (nSPS) is 19.3. The average molecular weight is 228 g/mol. The van der Waals surface area contributed by atoms with E-state index in [2.05, 4.69) is 15.5 Å². The zero-order chi connectivity index (χ0) is 11.7. The number of carbonyl (C=O) groups excluding carboxylic acids is 1. The Labute approximate surface area is 98.4 Å². The molecule has 2 heterocycles. The topological polar surface area (TPSA) is 59.8 Å². The first-order chi connectivity index (χ1) is 8.33.